The predicted octanol–water partition coefficient (Wildman–Crippen LogP) is -0.451. The first kappa shape index (κ1) is 7.59. The minimum atomic E-state index is 0.329. The molecule has 6 heteroatoms. The summed E-state index contributed by atoms with van der Waals surface area (Å²) in [7, 11) is 1.56. The van der Waals surface area contributed by atoms with Crippen LogP contribution in [0.1, 0.15) is 0 Å². The molecule has 5 nitrogen and oxygen atoms in total. The lowest BCUT2D eigenvalue weighted by molar-refractivity contribution is -0.145. The second-order valence-corrected chi connectivity index (χ2v) is 2.23. The van der Waals surface area contributed by atoms with Crippen molar-refractivity contribution in [3.8, 4) is 0 Å². The molecule has 0 amide bonds. The first-order valence-electron chi connectivity index (χ1n) is 2.76. The monoisotopic (exact) mass is 164 g/mol. The molecule has 10 heavy (non-hydrogen) atoms. The van der Waals surface area contributed by atoms with Gasteiger partial charge >= 0.3 is 0 Å². The minimum absolute atomic E-state index is 0.329. The van der Waals surface area contributed by atoms with Crippen molar-refractivity contribution >= 4 is 17.7 Å². The van der Waals surface area contributed by atoms with Gasteiger partial charge in [-0.1, -0.05) is 0 Å². The third-order valence-corrected chi connectivity index (χ3v) is 1.46. The van der Waals surface area contributed by atoms with E-state index in [2.05, 4.69) is 4.99 Å². The van der Waals surface area contributed by atoms with Gasteiger partial charge in [-0.3, -0.25) is 4.84 Å². The molecule has 0 saturated heterocycles. The van der Waals surface area contributed by atoms with E-state index in [9.17, 15) is 0 Å². The van der Waals surface area contributed by atoms with Crippen LogP contribution in [0, 0.1) is 0 Å². The first-order valence-corrected chi connectivity index (χ1v) is 3.10. The summed E-state index contributed by atoms with van der Waals surface area (Å²) in [6, 6.07) is 0. The normalized spacial score (nSPS) is 21.0. The average molecular weight is 165 g/mol. The SMILES string of the molecule is CON1CN=C(N)N(Cl)C1. The van der Waals surface area contributed by atoms with E-state index in [-0.39, 0.29) is 0 Å². The summed E-state index contributed by atoms with van der Waals surface area (Å²) in [5.74, 6) is 0.329. The van der Waals surface area contributed by atoms with Crippen molar-refractivity contribution in [2.75, 3.05) is 20.4 Å². The molecule has 0 aliphatic carbocycles. The van der Waals surface area contributed by atoms with Gasteiger partial charge in [0.2, 0.25) is 5.96 Å². The van der Waals surface area contributed by atoms with Crippen LogP contribution in [0.5, 0.6) is 0 Å². The molecule has 0 unspecified atom stereocenters. The Morgan fingerprint density at radius 3 is 3.00 bits per heavy atom. The van der Waals surface area contributed by atoms with Gasteiger partial charge in [-0.15, -0.1) is 5.06 Å². The van der Waals surface area contributed by atoms with Crippen molar-refractivity contribution in [3.63, 3.8) is 0 Å². The highest BCUT2D eigenvalue weighted by Crippen LogP contribution is 2.03. The highest BCUT2D eigenvalue weighted by Gasteiger charge is 2.15. The molecule has 1 rings (SSSR count). The lowest BCUT2D eigenvalue weighted by Crippen LogP contribution is -2.44. The van der Waals surface area contributed by atoms with Crippen molar-refractivity contribution < 1.29 is 4.84 Å². The van der Waals surface area contributed by atoms with Crippen molar-refractivity contribution in [2.45, 2.75) is 0 Å². The number of nitrogens with zero attached hydrogens (tertiary/aromatic N) is 3. The predicted molar refractivity (Wildman–Crippen MR) is 37.9 cm³/mol. The Morgan fingerprint density at radius 2 is 2.50 bits per heavy atom. The smallest absolute Gasteiger partial charge is 0.208 e. The Morgan fingerprint density at radius 1 is 1.80 bits per heavy atom. The number of rotatable bonds is 1. The first-order chi connectivity index (χ1) is 4.74. The van der Waals surface area contributed by atoms with E-state index in [1.54, 1.807) is 12.2 Å². The fraction of sp³-hybridized carbons (Fsp3) is 0.750. The summed E-state index contributed by atoms with van der Waals surface area (Å²) in [5, 5.41) is 1.57. The average Bonchev–Trinajstić information content (AvgIpc) is 1.95. The van der Waals surface area contributed by atoms with E-state index < -0.39 is 0 Å². The molecule has 0 fully saturated rings. The molecule has 0 aromatic carbocycles. The summed E-state index contributed by atoms with van der Waals surface area (Å²) in [6.07, 6.45) is 0. The lowest BCUT2D eigenvalue weighted by Gasteiger charge is -2.27. The van der Waals surface area contributed by atoms with Crippen LogP contribution in [-0.2, 0) is 4.84 Å². The van der Waals surface area contributed by atoms with Gasteiger partial charge in [0.15, 0.2) is 0 Å². The Bertz CT molecular complexity index is 150. The zero-order valence-corrected chi connectivity index (χ0v) is 6.38. The maximum absolute atomic E-state index is 5.60. The summed E-state index contributed by atoms with van der Waals surface area (Å²) in [4.78, 5) is 8.71. The minimum Gasteiger partial charge on any atom is -0.369 e. The molecule has 58 valence electrons. The van der Waals surface area contributed by atoms with Crippen molar-refractivity contribution in [2.24, 2.45) is 10.7 Å². The van der Waals surface area contributed by atoms with Crippen LogP contribution in [0.3, 0.4) is 0 Å². The Balaban J connectivity index is 2.51. The molecular weight excluding hydrogens is 156 g/mol. The van der Waals surface area contributed by atoms with Gasteiger partial charge in [0.05, 0.1) is 7.11 Å². The number of guanidine groups is 1. The Kier molecular flexibility index (Phi) is 2.31. The maximum atomic E-state index is 5.60. The van der Waals surface area contributed by atoms with Gasteiger partial charge in [0.25, 0.3) is 0 Å². The van der Waals surface area contributed by atoms with Gasteiger partial charge in [-0.05, 0) is 0 Å². The van der Waals surface area contributed by atoms with Gasteiger partial charge < -0.3 is 5.73 Å². The standard InChI is InChI=1S/C4H9ClN4O/c1-10-8-2-7-4(6)9(5)3-8/h2-3H2,1H3,(H2,6,7). The zero-order chi connectivity index (χ0) is 7.56. The molecular formula is C4H9ClN4O. The lowest BCUT2D eigenvalue weighted by atomic mass is 10.8. The Hall–Kier alpha value is -0.520. The van der Waals surface area contributed by atoms with Gasteiger partial charge in [-0.25, -0.2) is 9.41 Å². The van der Waals surface area contributed by atoms with Gasteiger partial charge in [0.1, 0.15) is 13.3 Å². The molecule has 1 aliphatic heterocycles. The fourth-order valence-corrected chi connectivity index (χ4v) is 0.772. The van der Waals surface area contributed by atoms with E-state index in [0.29, 0.717) is 19.3 Å². The maximum Gasteiger partial charge on any atom is 0.208 e. The van der Waals surface area contributed by atoms with Crippen LogP contribution in [0.15, 0.2) is 4.99 Å². The fourth-order valence-electron chi connectivity index (χ4n) is 0.599. The van der Waals surface area contributed by atoms with E-state index in [4.69, 9.17) is 22.3 Å². The molecule has 0 bridgehead atoms. The molecule has 0 atom stereocenters. The Labute approximate surface area is 64.1 Å². The number of aliphatic imine (C=N–C) groups is 1. The molecule has 0 aromatic heterocycles. The topological polar surface area (TPSA) is 54.1 Å². The quantitative estimate of drug-likeness (QED) is 0.534. The third kappa shape index (κ3) is 1.50. The van der Waals surface area contributed by atoms with Crippen molar-refractivity contribution in [1.29, 1.82) is 0 Å². The molecule has 0 radical (unpaired) electrons. The molecule has 0 aromatic rings. The van der Waals surface area contributed by atoms with Crippen LogP contribution < -0.4 is 5.73 Å². The molecule has 2 N–H and O–H groups in total. The number of nitrogens with two attached hydrogens (primary N) is 1. The number of halogens is 1. The highest BCUT2D eigenvalue weighted by molar-refractivity contribution is 6.21. The van der Waals surface area contributed by atoms with Crippen LogP contribution in [0.4, 0.5) is 0 Å². The molecule has 1 heterocycles. The second-order valence-electron chi connectivity index (χ2n) is 1.83. The summed E-state index contributed by atoms with van der Waals surface area (Å²) in [5.41, 5.74) is 5.36. The largest absolute Gasteiger partial charge is 0.369 e. The van der Waals surface area contributed by atoms with Crippen LogP contribution in [-0.4, -0.2) is 35.9 Å². The van der Waals surface area contributed by atoms with E-state index in [1.165, 1.54) is 4.42 Å². The molecule has 1 aliphatic rings. The highest BCUT2D eigenvalue weighted by atomic mass is 35.5. The van der Waals surface area contributed by atoms with Crippen molar-refractivity contribution in [1.82, 2.24) is 9.48 Å². The zero-order valence-electron chi connectivity index (χ0n) is 5.62. The van der Waals surface area contributed by atoms with Crippen LogP contribution in [0.2, 0.25) is 0 Å². The van der Waals surface area contributed by atoms with E-state index in [1.807, 2.05) is 0 Å². The third-order valence-electron chi connectivity index (χ3n) is 1.18. The van der Waals surface area contributed by atoms with Gasteiger partial charge in [-0.2, -0.15) is 0 Å². The second kappa shape index (κ2) is 3.05. The summed E-state index contributed by atoms with van der Waals surface area (Å²) >= 11 is 5.60. The van der Waals surface area contributed by atoms with E-state index in [0.717, 1.165) is 0 Å². The van der Waals surface area contributed by atoms with Crippen molar-refractivity contribution in [3.05, 3.63) is 0 Å². The number of hydroxylamine groups is 2. The van der Waals surface area contributed by atoms with Crippen LogP contribution >= 0.6 is 11.8 Å². The summed E-state index contributed by atoms with van der Waals surface area (Å²) < 4.78 is 1.28. The van der Waals surface area contributed by atoms with E-state index >= 15 is 0 Å². The van der Waals surface area contributed by atoms with Gasteiger partial charge in [0, 0.05) is 11.8 Å². The number of hydrogen-bond donors (Lipinski definition) is 1. The molecule has 0 saturated carbocycles. The molecule has 0 spiro atoms. The van der Waals surface area contributed by atoms with Crippen LogP contribution in [0.25, 0.3) is 0 Å². The number of hydrogen-bond acceptors (Lipinski definition) is 5. The summed E-state index contributed by atoms with van der Waals surface area (Å²) in [6.45, 7) is 0.874.